The van der Waals surface area contributed by atoms with Crippen LogP contribution < -0.4 is 10.6 Å². The number of rotatable bonds is 8. The van der Waals surface area contributed by atoms with Gasteiger partial charge in [0.05, 0.1) is 0 Å². The van der Waals surface area contributed by atoms with Crippen LogP contribution >= 0.6 is 0 Å². The molecule has 0 radical (unpaired) electrons. The Morgan fingerprint density at radius 3 is 2.68 bits per heavy atom. The molecule has 0 amide bonds. The third-order valence-electron chi connectivity index (χ3n) is 5.68. The summed E-state index contributed by atoms with van der Waals surface area (Å²) in [6.45, 7) is 4.31. The molecule has 0 spiro atoms. The Kier molecular flexibility index (Phi) is 5.93. The molecule has 0 aromatic carbocycles. The van der Waals surface area contributed by atoms with Gasteiger partial charge in [0.2, 0.25) is 0 Å². The minimum Gasteiger partial charge on any atom is -0.385 e. The van der Waals surface area contributed by atoms with Crippen LogP contribution in [-0.2, 0) is 18.3 Å². The van der Waals surface area contributed by atoms with E-state index >= 15 is 0 Å². The predicted octanol–water partition coefficient (Wildman–Crippen LogP) is 1.92. The number of aromatic nitrogens is 3. The Morgan fingerprint density at radius 1 is 1.32 bits per heavy atom. The molecule has 2 saturated carbocycles. The molecule has 0 saturated heterocycles. The molecule has 0 bridgehead atoms. The van der Waals surface area contributed by atoms with E-state index in [2.05, 4.69) is 20.8 Å². The van der Waals surface area contributed by atoms with Crippen molar-refractivity contribution in [2.45, 2.75) is 64.5 Å². The standard InChI is InChI=1S/C18H32N6O/c1-14-22-23-16(24(14)2)12-19-17(21-15-6-4-5-7-15)20-13-18(8-9-18)10-11-25-3/h15H,4-13H2,1-3H3,(H2,19,20,21). The number of hydrogen-bond acceptors (Lipinski definition) is 4. The van der Waals surface area contributed by atoms with Crippen LogP contribution in [0.15, 0.2) is 4.99 Å². The van der Waals surface area contributed by atoms with Gasteiger partial charge in [0.25, 0.3) is 0 Å². The lowest BCUT2D eigenvalue weighted by Crippen LogP contribution is -2.44. The van der Waals surface area contributed by atoms with E-state index in [4.69, 9.17) is 9.73 Å². The Bertz CT molecular complexity index is 586. The molecule has 2 N–H and O–H groups in total. The number of nitrogens with zero attached hydrogens (tertiary/aromatic N) is 4. The Morgan fingerprint density at radius 2 is 2.08 bits per heavy atom. The van der Waals surface area contributed by atoms with Crippen molar-refractivity contribution in [3.8, 4) is 0 Å². The molecule has 1 heterocycles. The lowest BCUT2D eigenvalue weighted by Gasteiger charge is -2.21. The monoisotopic (exact) mass is 348 g/mol. The highest BCUT2D eigenvalue weighted by molar-refractivity contribution is 5.80. The summed E-state index contributed by atoms with van der Waals surface area (Å²) in [5.41, 5.74) is 0.398. The van der Waals surface area contributed by atoms with Crippen molar-refractivity contribution in [3.63, 3.8) is 0 Å². The summed E-state index contributed by atoms with van der Waals surface area (Å²) in [7, 11) is 3.77. The lowest BCUT2D eigenvalue weighted by atomic mass is 10.0. The van der Waals surface area contributed by atoms with Gasteiger partial charge in [-0.25, -0.2) is 4.99 Å². The first-order valence-corrected chi connectivity index (χ1v) is 9.50. The van der Waals surface area contributed by atoms with E-state index in [0.29, 0.717) is 18.0 Å². The van der Waals surface area contributed by atoms with Crippen LogP contribution in [0, 0.1) is 12.3 Å². The minimum atomic E-state index is 0.398. The predicted molar refractivity (Wildman–Crippen MR) is 98.4 cm³/mol. The van der Waals surface area contributed by atoms with Gasteiger partial charge in [-0.2, -0.15) is 0 Å². The molecule has 2 aliphatic carbocycles. The van der Waals surface area contributed by atoms with Crippen LogP contribution in [0.4, 0.5) is 0 Å². The second-order valence-electron chi connectivity index (χ2n) is 7.61. The molecule has 2 fully saturated rings. The highest BCUT2D eigenvalue weighted by atomic mass is 16.5. The summed E-state index contributed by atoms with van der Waals surface area (Å²) >= 11 is 0. The fourth-order valence-electron chi connectivity index (χ4n) is 3.44. The number of aliphatic imine (C=N–C) groups is 1. The van der Waals surface area contributed by atoms with Crippen molar-refractivity contribution < 1.29 is 4.74 Å². The highest BCUT2D eigenvalue weighted by Crippen LogP contribution is 2.48. The number of aryl methyl sites for hydroxylation is 1. The molecule has 7 nitrogen and oxygen atoms in total. The van der Waals surface area contributed by atoms with Crippen molar-refractivity contribution in [1.82, 2.24) is 25.4 Å². The third-order valence-corrected chi connectivity index (χ3v) is 5.68. The molecule has 2 aliphatic rings. The summed E-state index contributed by atoms with van der Waals surface area (Å²) in [4.78, 5) is 4.78. The summed E-state index contributed by atoms with van der Waals surface area (Å²) in [6, 6.07) is 0.543. The van der Waals surface area contributed by atoms with Crippen LogP contribution in [0.1, 0.15) is 56.6 Å². The number of nitrogens with one attached hydrogen (secondary N) is 2. The van der Waals surface area contributed by atoms with Crippen LogP contribution in [0.3, 0.4) is 0 Å². The van der Waals surface area contributed by atoms with Crippen LogP contribution in [0.2, 0.25) is 0 Å². The van der Waals surface area contributed by atoms with Gasteiger partial charge in [0.1, 0.15) is 12.4 Å². The topological polar surface area (TPSA) is 76.4 Å². The molecule has 1 aromatic rings. The van der Waals surface area contributed by atoms with Crippen molar-refractivity contribution in [2.24, 2.45) is 17.5 Å². The number of guanidine groups is 1. The molecule has 0 atom stereocenters. The van der Waals surface area contributed by atoms with Crippen LogP contribution in [0.25, 0.3) is 0 Å². The van der Waals surface area contributed by atoms with Gasteiger partial charge >= 0.3 is 0 Å². The quantitative estimate of drug-likeness (QED) is 0.554. The van der Waals surface area contributed by atoms with Gasteiger partial charge in [-0.15, -0.1) is 10.2 Å². The van der Waals surface area contributed by atoms with Crippen molar-refractivity contribution in [3.05, 3.63) is 11.6 Å². The first kappa shape index (κ1) is 18.2. The Hall–Kier alpha value is -1.63. The minimum absolute atomic E-state index is 0.398. The smallest absolute Gasteiger partial charge is 0.191 e. The number of hydrogen-bond donors (Lipinski definition) is 2. The molecule has 1 aromatic heterocycles. The number of methoxy groups -OCH3 is 1. The molecule has 25 heavy (non-hydrogen) atoms. The molecule has 3 rings (SSSR count). The van der Waals surface area contributed by atoms with Gasteiger partial charge in [-0.05, 0) is 44.4 Å². The highest BCUT2D eigenvalue weighted by Gasteiger charge is 2.42. The maximum absolute atomic E-state index is 5.26. The first-order chi connectivity index (χ1) is 12.1. The Labute approximate surface area is 150 Å². The van der Waals surface area contributed by atoms with E-state index in [1.54, 1.807) is 7.11 Å². The second-order valence-corrected chi connectivity index (χ2v) is 7.61. The number of ether oxygens (including phenoxy) is 1. The largest absolute Gasteiger partial charge is 0.385 e. The zero-order chi connectivity index (χ0) is 17.7. The van der Waals surface area contributed by atoms with E-state index in [0.717, 1.165) is 37.2 Å². The summed E-state index contributed by atoms with van der Waals surface area (Å²) in [5, 5.41) is 15.5. The normalized spacial score (nSPS) is 20.0. The van der Waals surface area contributed by atoms with Crippen LogP contribution in [-0.4, -0.2) is 47.0 Å². The van der Waals surface area contributed by atoms with Gasteiger partial charge in [-0.3, -0.25) is 0 Å². The summed E-state index contributed by atoms with van der Waals surface area (Å²) in [5.74, 6) is 2.72. The zero-order valence-electron chi connectivity index (χ0n) is 15.8. The first-order valence-electron chi connectivity index (χ1n) is 9.50. The third kappa shape index (κ3) is 4.93. The zero-order valence-corrected chi connectivity index (χ0v) is 15.8. The van der Waals surface area contributed by atoms with Crippen molar-refractivity contribution >= 4 is 5.96 Å². The maximum Gasteiger partial charge on any atom is 0.191 e. The summed E-state index contributed by atoms with van der Waals surface area (Å²) in [6.07, 6.45) is 8.77. The van der Waals surface area contributed by atoms with E-state index in [9.17, 15) is 0 Å². The van der Waals surface area contributed by atoms with Crippen LogP contribution in [0.5, 0.6) is 0 Å². The van der Waals surface area contributed by atoms with Gasteiger partial charge in [0, 0.05) is 33.4 Å². The van der Waals surface area contributed by atoms with Gasteiger partial charge in [0.15, 0.2) is 11.8 Å². The SMILES string of the molecule is COCCC1(CNC(=NCc2nnc(C)n2C)NC2CCCC2)CC1. The molecular weight excluding hydrogens is 316 g/mol. The molecule has 7 heteroatoms. The average molecular weight is 348 g/mol. The average Bonchev–Trinajstić information content (AvgIpc) is 3.06. The fourth-order valence-corrected chi connectivity index (χ4v) is 3.44. The van der Waals surface area contributed by atoms with E-state index < -0.39 is 0 Å². The van der Waals surface area contributed by atoms with Gasteiger partial charge < -0.3 is 19.9 Å². The van der Waals surface area contributed by atoms with Gasteiger partial charge in [-0.1, -0.05) is 12.8 Å². The lowest BCUT2D eigenvalue weighted by molar-refractivity contribution is 0.172. The maximum atomic E-state index is 5.26. The summed E-state index contributed by atoms with van der Waals surface area (Å²) < 4.78 is 7.26. The molecular formula is C18H32N6O. The molecule has 0 aliphatic heterocycles. The molecule has 140 valence electrons. The Balaban J connectivity index is 1.60. The fraction of sp³-hybridized carbons (Fsp3) is 0.833. The molecule has 0 unspecified atom stereocenters. The van der Waals surface area contributed by atoms with Crippen molar-refractivity contribution in [1.29, 1.82) is 0 Å². The van der Waals surface area contributed by atoms with E-state index in [-0.39, 0.29) is 0 Å². The van der Waals surface area contributed by atoms with E-state index in [1.807, 2.05) is 18.5 Å². The second kappa shape index (κ2) is 8.17. The van der Waals surface area contributed by atoms with E-state index in [1.165, 1.54) is 38.5 Å². The van der Waals surface area contributed by atoms with Crippen molar-refractivity contribution in [2.75, 3.05) is 20.3 Å².